The van der Waals surface area contributed by atoms with Crippen molar-refractivity contribution in [2.75, 3.05) is 14.1 Å². The van der Waals surface area contributed by atoms with Gasteiger partial charge in [0.25, 0.3) is 0 Å². The van der Waals surface area contributed by atoms with Gasteiger partial charge in [0, 0.05) is 31.2 Å². The lowest BCUT2D eigenvalue weighted by molar-refractivity contribution is -0.117. The fourth-order valence-corrected chi connectivity index (χ4v) is 2.25. The first kappa shape index (κ1) is 13.8. The topological polar surface area (TPSA) is 37.3 Å². The summed E-state index contributed by atoms with van der Waals surface area (Å²) in [5.41, 5.74) is 5.52. The number of carbonyl (C=O) groups excluding carboxylic acids is 1. The molecule has 0 unspecified atom stereocenters. The van der Waals surface area contributed by atoms with Crippen LogP contribution in [0, 0.1) is 0 Å². The highest BCUT2D eigenvalue weighted by Gasteiger charge is 2.10. The maximum atomic E-state index is 11.2. The summed E-state index contributed by atoms with van der Waals surface area (Å²) in [5.74, 6) is 0.228. The van der Waals surface area contributed by atoms with Crippen molar-refractivity contribution in [1.82, 2.24) is 15.0 Å². The molecule has 1 N–H and O–H groups in total. The van der Waals surface area contributed by atoms with Gasteiger partial charge in [0.05, 0.1) is 6.54 Å². The molecule has 4 nitrogen and oxygen atoms in total. The molecule has 1 aromatic heterocycles. The molecule has 19 heavy (non-hydrogen) atoms. The first-order valence-corrected chi connectivity index (χ1v) is 6.57. The van der Waals surface area contributed by atoms with E-state index in [0.29, 0.717) is 6.42 Å². The highest BCUT2D eigenvalue weighted by Crippen LogP contribution is 2.21. The molecule has 2 aromatic rings. The lowest BCUT2D eigenvalue weighted by atomic mass is 10.2. The molecule has 0 aliphatic rings. The number of rotatable bonds is 6. The van der Waals surface area contributed by atoms with Crippen LogP contribution in [0.15, 0.2) is 30.3 Å². The molecule has 1 aromatic carbocycles. The predicted octanol–water partition coefficient (Wildman–Crippen LogP) is 2.19. The van der Waals surface area contributed by atoms with Crippen molar-refractivity contribution in [2.24, 2.45) is 0 Å². The van der Waals surface area contributed by atoms with Crippen molar-refractivity contribution in [1.29, 1.82) is 0 Å². The average Bonchev–Trinajstić information content (AvgIpc) is 2.73. The smallest absolute Gasteiger partial charge is 0.131 e. The number of hydrazine groups is 1. The van der Waals surface area contributed by atoms with E-state index in [1.54, 1.807) is 6.92 Å². The fourth-order valence-electron chi connectivity index (χ4n) is 2.25. The quantitative estimate of drug-likeness (QED) is 0.808. The molecule has 4 heteroatoms. The molecule has 0 aliphatic carbocycles. The van der Waals surface area contributed by atoms with Crippen LogP contribution in [0.1, 0.15) is 19.0 Å². The Morgan fingerprint density at radius 1 is 1.37 bits per heavy atom. The third kappa shape index (κ3) is 3.22. The number of carbonyl (C=O) groups is 1. The Balaban J connectivity index is 2.36. The Kier molecular flexibility index (Phi) is 4.35. The lowest BCUT2D eigenvalue weighted by Gasteiger charge is -2.17. The summed E-state index contributed by atoms with van der Waals surface area (Å²) in [6.07, 6.45) is 0.578. The third-order valence-corrected chi connectivity index (χ3v) is 3.36. The van der Waals surface area contributed by atoms with E-state index in [1.165, 1.54) is 16.6 Å². The molecule has 2 rings (SSSR count). The van der Waals surface area contributed by atoms with Crippen LogP contribution in [0.4, 0.5) is 0 Å². The number of ketones is 1. The third-order valence-electron chi connectivity index (χ3n) is 3.36. The molecule has 0 amide bonds. The number of aryl methyl sites for hydroxylation is 1. The van der Waals surface area contributed by atoms with E-state index in [1.807, 2.05) is 31.2 Å². The van der Waals surface area contributed by atoms with Crippen molar-refractivity contribution < 1.29 is 4.79 Å². The molecule has 0 spiro atoms. The number of nitrogens with one attached hydrogen (secondary N) is 1. The largest absolute Gasteiger partial charge is 0.343 e. The first-order chi connectivity index (χ1) is 9.11. The summed E-state index contributed by atoms with van der Waals surface area (Å²) >= 11 is 0. The van der Waals surface area contributed by atoms with Crippen molar-refractivity contribution >= 4 is 16.7 Å². The zero-order valence-corrected chi connectivity index (χ0v) is 11.8. The Bertz CT molecular complexity index is 574. The van der Waals surface area contributed by atoms with Crippen molar-refractivity contribution in [2.45, 2.75) is 26.4 Å². The number of Topliss-reactive ketones (excluding diaryl/α,β-unsaturated/α-hetero) is 1. The number of para-hydroxylation sites is 1. The Morgan fingerprint density at radius 2 is 2.11 bits per heavy atom. The lowest BCUT2D eigenvalue weighted by Crippen LogP contribution is -2.31. The molecule has 0 radical (unpaired) electrons. The zero-order chi connectivity index (χ0) is 13.8. The van der Waals surface area contributed by atoms with E-state index in [4.69, 9.17) is 0 Å². The van der Waals surface area contributed by atoms with Gasteiger partial charge in [-0.15, -0.1) is 0 Å². The summed E-state index contributed by atoms with van der Waals surface area (Å²) in [5, 5.41) is 3.25. The summed E-state index contributed by atoms with van der Waals surface area (Å²) in [6.45, 7) is 3.20. The van der Waals surface area contributed by atoms with E-state index >= 15 is 0 Å². The zero-order valence-electron chi connectivity index (χ0n) is 11.8. The molecule has 0 bridgehead atoms. The Hall–Kier alpha value is -1.65. The summed E-state index contributed by atoms with van der Waals surface area (Å²) < 4.78 is 2.24. The van der Waals surface area contributed by atoms with E-state index in [2.05, 4.69) is 28.2 Å². The standard InChI is InChI=1S/C15H21N3O/c1-12(19)8-9-18-14(11-17(3)16-2)10-13-6-4-5-7-15(13)18/h4-7,10,16H,8-9,11H2,1-3H3. The van der Waals surface area contributed by atoms with Gasteiger partial charge < -0.3 is 4.57 Å². The maximum Gasteiger partial charge on any atom is 0.131 e. The van der Waals surface area contributed by atoms with Crippen LogP contribution in [0.5, 0.6) is 0 Å². The minimum absolute atomic E-state index is 0.228. The summed E-state index contributed by atoms with van der Waals surface area (Å²) in [6, 6.07) is 10.5. The Morgan fingerprint density at radius 3 is 2.79 bits per heavy atom. The van der Waals surface area contributed by atoms with Gasteiger partial charge in [0.1, 0.15) is 5.78 Å². The monoisotopic (exact) mass is 259 g/mol. The van der Waals surface area contributed by atoms with E-state index < -0.39 is 0 Å². The van der Waals surface area contributed by atoms with Crippen LogP contribution in [-0.2, 0) is 17.9 Å². The summed E-state index contributed by atoms with van der Waals surface area (Å²) in [4.78, 5) is 11.2. The van der Waals surface area contributed by atoms with Gasteiger partial charge in [0.15, 0.2) is 0 Å². The van der Waals surface area contributed by atoms with Gasteiger partial charge in [0.2, 0.25) is 0 Å². The predicted molar refractivity (Wildman–Crippen MR) is 77.8 cm³/mol. The highest BCUT2D eigenvalue weighted by molar-refractivity contribution is 5.81. The number of hydrogen-bond donors (Lipinski definition) is 1. The minimum atomic E-state index is 0.228. The normalized spacial score (nSPS) is 11.4. The molecular formula is C15H21N3O. The number of benzene rings is 1. The van der Waals surface area contributed by atoms with Gasteiger partial charge in [-0.25, -0.2) is 5.01 Å². The van der Waals surface area contributed by atoms with Gasteiger partial charge in [-0.3, -0.25) is 10.2 Å². The van der Waals surface area contributed by atoms with Crippen molar-refractivity contribution in [3.8, 4) is 0 Å². The molecule has 0 aliphatic heterocycles. The Labute approximate surface area is 114 Å². The SMILES string of the molecule is CNN(C)Cc1cc2ccccc2n1CCC(C)=O. The first-order valence-electron chi connectivity index (χ1n) is 6.57. The second-order valence-electron chi connectivity index (χ2n) is 4.88. The number of hydrogen-bond acceptors (Lipinski definition) is 3. The van der Waals surface area contributed by atoms with Crippen LogP contribution >= 0.6 is 0 Å². The maximum absolute atomic E-state index is 11.2. The molecule has 0 saturated carbocycles. The van der Waals surface area contributed by atoms with Gasteiger partial charge >= 0.3 is 0 Å². The number of fused-ring (bicyclic) bond motifs is 1. The summed E-state index contributed by atoms with van der Waals surface area (Å²) in [7, 11) is 3.91. The second kappa shape index (κ2) is 5.99. The fraction of sp³-hybridized carbons (Fsp3) is 0.400. The number of aromatic nitrogens is 1. The van der Waals surface area contributed by atoms with Crippen LogP contribution in [-0.4, -0.2) is 29.5 Å². The molecule has 0 atom stereocenters. The van der Waals surface area contributed by atoms with Crippen LogP contribution in [0.3, 0.4) is 0 Å². The van der Waals surface area contributed by atoms with Crippen LogP contribution in [0.2, 0.25) is 0 Å². The van der Waals surface area contributed by atoms with Gasteiger partial charge in [-0.05, 0) is 31.5 Å². The van der Waals surface area contributed by atoms with Gasteiger partial charge in [-0.1, -0.05) is 18.2 Å². The minimum Gasteiger partial charge on any atom is -0.343 e. The average molecular weight is 259 g/mol. The second-order valence-corrected chi connectivity index (χ2v) is 4.88. The van der Waals surface area contributed by atoms with E-state index in [9.17, 15) is 4.79 Å². The van der Waals surface area contributed by atoms with E-state index in [-0.39, 0.29) is 5.78 Å². The van der Waals surface area contributed by atoms with Crippen molar-refractivity contribution in [3.05, 3.63) is 36.0 Å². The van der Waals surface area contributed by atoms with Crippen LogP contribution in [0.25, 0.3) is 10.9 Å². The van der Waals surface area contributed by atoms with Gasteiger partial charge in [-0.2, -0.15) is 0 Å². The molecular weight excluding hydrogens is 238 g/mol. The van der Waals surface area contributed by atoms with Crippen molar-refractivity contribution in [3.63, 3.8) is 0 Å². The number of nitrogens with zero attached hydrogens (tertiary/aromatic N) is 2. The molecule has 102 valence electrons. The molecule has 0 fully saturated rings. The molecule has 1 heterocycles. The molecule has 0 saturated heterocycles. The van der Waals surface area contributed by atoms with Crippen LogP contribution < -0.4 is 5.43 Å². The highest BCUT2D eigenvalue weighted by atomic mass is 16.1. The van der Waals surface area contributed by atoms with E-state index in [0.717, 1.165) is 13.1 Å².